The van der Waals surface area contributed by atoms with Crippen LogP contribution >= 0.6 is 0 Å². The topological polar surface area (TPSA) is 59.4 Å². The van der Waals surface area contributed by atoms with Crippen molar-refractivity contribution in [3.05, 3.63) is 54.3 Å². The summed E-state index contributed by atoms with van der Waals surface area (Å²) < 4.78 is 1.46. The summed E-state index contributed by atoms with van der Waals surface area (Å²) in [6, 6.07) is 7.18. The lowest BCUT2D eigenvalue weighted by atomic mass is 10.0. The van der Waals surface area contributed by atoms with Crippen LogP contribution in [0, 0.1) is 0 Å². The van der Waals surface area contributed by atoms with E-state index in [1.165, 1.54) is 17.7 Å². The molecule has 0 aliphatic carbocycles. The number of hydrogen-bond donors (Lipinski definition) is 0. The van der Waals surface area contributed by atoms with Crippen LogP contribution < -0.4 is 0 Å². The fourth-order valence-corrected chi connectivity index (χ4v) is 2.54. The molecule has 0 N–H and O–H groups in total. The Kier molecular flexibility index (Phi) is 3.06. The molecule has 1 aliphatic rings. The van der Waals surface area contributed by atoms with Gasteiger partial charge in [0.05, 0.1) is 11.1 Å². The highest BCUT2D eigenvalue weighted by Crippen LogP contribution is 2.30. The standard InChI is InChI=1S/C17H14N2O3/c1-10(2)16(21)19-8-7-11-5-4-6-12(15(11)19)13-9-14(20)18(3)17(13)22/h4-9H,1H2,2-3H3. The summed E-state index contributed by atoms with van der Waals surface area (Å²) >= 11 is 0. The van der Waals surface area contributed by atoms with Crippen LogP contribution in [0.5, 0.6) is 0 Å². The van der Waals surface area contributed by atoms with Crippen molar-refractivity contribution in [1.82, 2.24) is 9.47 Å². The number of fused-ring (bicyclic) bond motifs is 1. The van der Waals surface area contributed by atoms with E-state index in [4.69, 9.17) is 0 Å². The van der Waals surface area contributed by atoms with Crippen LogP contribution in [-0.4, -0.2) is 34.2 Å². The lowest BCUT2D eigenvalue weighted by Crippen LogP contribution is -2.25. The van der Waals surface area contributed by atoms with E-state index < -0.39 is 0 Å². The van der Waals surface area contributed by atoms with E-state index in [0.717, 1.165) is 10.3 Å². The number of imide groups is 1. The predicted molar refractivity (Wildman–Crippen MR) is 83.1 cm³/mol. The van der Waals surface area contributed by atoms with Gasteiger partial charge in [0.25, 0.3) is 17.7 Å². The largest absolute Gasteiger partial charge is 0.283 e. The van der Waals surface area contributed by atoms with Crippen molar-refractivity contribution >= 4 is 34.2 Å². The Labute approximate surface area is 127 Å². The summed E-state index contributed by atoms with van der Waals surface area (Å²) in [7, 11) is 1.44. The first-order valence-corrected chi connectivity index (χ1v) is 6.76. The lowest BCUT2D eigenvalue weighted by Gasteiger charge is -2.10. The fraction of sp³-hybridized carbons (Fsp3) is 0.118. The minimum Gasteiger partial charge on any atom is -0.283 e. The number of benzene rings is 1. The van der Waals surface area contributed by atoms with Crippen LogP contribution in [0.15, 0.2) is 48.7 Å². The number of amides is 2. The van der Waals surface area contributed by atoms with E-state index >= 15 is 0 Å². The highest BCUT2D eigenvalue weighted by molar-refractivity contribution is 6.34. The van der Waals surface area contributed by atoms with E-state index in [1.807, 2.05) is 6.07 Å². The van der Waals surface area contributed by atoms with Gasteiger partial charge in [-0.05, 0) is 13.0 Å². The highest BCUT2D eigenvalue weighted by atomic mass is 16.2. The molecule has 1 aliphatic heterocycles. The summed E-state index contributed by atoms with van der Waals surface area (Å²) in [5.74, 6) is -0.970. The Balaban J connectivity index is 2.28. The number of rotatable bonds is 2. The number of para-hydroxylation sites is 1. The Hall–Kier alpha value is -2.95. The molecule has 1 aromatic heterocycles. The van der Waals surface area contributed by atoms with E-state index in [-0.39, 0.29) is 17.7 Å². The summed E-state index contributed by atoms with van der Waals surface area (Å²) in [4.78, 5) is 37.3. The van der Waals surface area contributed by atoms with Gasteiger partial charge in [-0.25, -0.2) is 0 Å². The van der Waals surface area contributed by atoms with Gasteiger partial charge in [0, 0.05) is 35.8 Å². The summed E-state index contributed by atoms with van der Waals surface area (Å²) in [5.41, 5.74) is 1.87. The van der Waals surface area contributed by atoms with Crippen molar-refractivity contribution in [2.45, 2.75) is 6.92 Å². The third-order valence-electron chi connectivity index (χ3n) is 3.72. The van der Waals surface area contributed by atoms with Gasteiger partial charge in [-0.3, -0.25) is 23.9 Å². The van der Waals surface area contributed by atoms with E-state index in [1.54, 1.807) is 31.3 Å². The predicted octanol–water partition coefficient (Wildman–Crippen LogP) is 2.24. The maximum absolute atomic E-state index is 12.3. The molecule has 0 bridgehead atoms. The average molecular weight is 294 g/mol. The van der Waals surface area contributed by atoms with E-state index in [2.05, 4.69) is 6.58 Å². The molecule has 0 spiro atoms. The number of carbonyl (C=O) groups is 3. The number of nitrogens with zero attached hydrogens (tertiary/aromatic N) is 2. The highest BCUT2D eigenvalue weighted by Gasteiger charge is 2.30. The zero-order valence-corrected chi connectivity index (χ0v) is 12.3. The molecule has 22 heavy (non-hydrogen) atoms. The Morgan fingerprint density at radius 2 is 1.91 bits per heavy atom. The molecule has 2 aromatic rings. The second-order valence-electron chi connectivity index (χ2n) is 5.28. The van der Waals surface area contributed by atoms with Crippen molar-refractivity contribution < 1.29 is 14.4 Å². The van der Waals surface area contributed by atoms with Gasteiger partial charge in [0.2, 0.25) is 0 Å². The molecule has 2 heterocycles. The van der Waals surface area contributed by atoms with Gasteiger partial charge in [-0.2, -0.15) is 0 Å². The zero-order valence-electron chi connectivity index (χ0n) is 12.3. The Bertz CT molecular complexity index is 886. The number of allylic oxidation sites excluding steroid dienone is 1. The second kappa shape index (κ2) is 4.80. The van der Waals surface area contributed by atoms with Gasteiger partial charge < -0.3 is 0 Å². The van der Waals surface area contributed by atoms with Crippen molar-refractivity contribution in [1.29, 1.82) is 0 Å². The third kappa shape index (κ3) is 1.90. The minimum atomic E-state index is -0.368. The molecule has 0 saturated carbocycles. The molecular weight excluding hydrogens is 280 g/mol. The van der Waals surface area contributed by atoms with Crippen LogP contribution in [0.25, 0.3) is 16.5 Å². The normalized spacial score (nSPS) is 14.6. The first-order chi connectivity index (χ1) is 10.4. The molecule has 0 saturated heterocycles. The van der Waals surface area contributed by atoms with Crippen molar-refractivity contribution in [3.63, 3.8) is 0 Å². The van der Waals surface area contributed by atoms with Crippen LogP contribution in [0.2, 0.25) is 0 Å². The smallest absolute Gasteiger partial charge is 0.261 e. The Morgan fingerprint density at radius 3 is 2.50 bits per heavy atom. The first kappa shape index (κ1) is 14.0. The molecule has 3 rings (SSSR count). The van der Waals surface area contributed by atoms with Crippen LogP contribution in [0.4, 0.5) is 0 Å². The van der Waals surface area contributed by atoms with E-state index in [9.17, 15) is 14.4 Å². The summed E-state index contributed by atoms with van der Waals surface area (Å²) in [5, 5.41) is 0.822. The molecule has 2 amide bonds. The molecule has 1 aromatic carbocycles. The van der Waals surface area contributed by atoms with Crippen molar-refractivity contribution in [2.24, 2.45) is 0 Å². The van der Waals surface area contributed by atoms with Gasteiger partial charge in [-0.1, -0.05) is 24.8 Å². The molecule has 5 heteroatoms. The molecule has 0 radical (unpaired) electrons. The minimum absolute atomic E-state index is 0.242. The SMILES string of the molecule is C=C(C)C(=O)n1ccc2cccc(C3=CC(=O)N(C)C3=O)c21. The molecular formula is C17H14N2O3. The van der Waals surface area contributed by atoms with Crippen molar-refractivity contribution in [3.8, 4) is 0 Å². The quantitative estimate of drug-likeness (QED) is 0.630. The number of carbonyl (C=O) groups excluding carboxylic acids is 3. The van der Waals surface area contributed by atoms with Gasteiger partial charge in [0.15, 0.2) is 0 Å². The third-order valence-corrected chi connectivity index (χ3v) is 3.72. The van der Waals surface area contributed by atoms with Crippen LogP contribution in [-0.2, 0) is 9.59 Å². The van der Waals surface area contributed by atoms with Gasteiger partial charge in [-0.15, -0.1) is 0 Å². The average Bonchev–Trinajstić information content (AvgIpc) is 3.03. The maximum Gasteiger partial charge on any atom is 0.261 e. The molecule has 5 nitrogen and oxygen atoms in total. The second-order valence-corrected chi connectivity index (χ2v) is 5.28. The maximum atomic E-state index is 12.3. The molecule has 0 atom stereocenters. The first-order valence-electron chi connectivity index (χ1n) is 6.76. The number of hydrogen-bond acceptors (Lipinski definition) is 3. The lowest BCUT2D eigenvalue weighted by molar-refractivity contribution is -0.134. The van der Waals surface area contributed by atoms with Crippen molar-refractivity contribution in [2.75, 3.05) is 7.05 Å². The zero-order chi connectivity index (χ0) is 16.0. The number of likely N-dealkylation sites (N-methyl/N-ethyl adjacent to an activating group) is 1. The summed E-state index contributed by atoms with van der Waals surface area (Å²) in [6.45, 7) is 5.30. The fourth-order valence-electron chi connectivity index (χ4n) is 2.54. The van der Waals surface area contributed by atoms with Gasteiger partial charge in [0.1, 0.15) is 0 Å². The van der Waals surface area contributed by atoms with Gasteiger partial charge >= 0.3 is 0 Å². The molecule has 110 valence electrons. The van der Waals surface area contributed by atoms with Crippen LogP contribution in [0.3, 0.4) is 0 Å². The summed E-state index contributed by atoms with van der Waals surface area (Å²) in [6.07, 6.45) is 2.95. The molecule has 0 fully saturated rings. The number of aromatic nitrogens is 1. The molecule has 0 unspecified atom stereocenters. The van der Waals surface area contributed by atoms with E-state index in [0.29, 0.717) is 22.2 Å². The monoisotopic (exact) mass is 294 g/mol. The van der Waals surface area contributed by atoms with Crippen LogP contribution in [0.1, 0.15) is 17.3 Å². The Morgan fingerprint density at radius 1 is 1.18 bits per heavy atom.